The number of likely N-dealkylation sites (N-methyl/N-ethyl adjacent to an activating group) is 1. The molecule has 81 heavy (non-hydrogen) atoms. The van der Waals surface area contributed by atoms with Crippen LogP contribution in [-0.2, 0) is 18.4 Å². The van der Waals surface area contributed by atoms with E-state index in [1.807, 2.05) is 64.2 Å². The maximum Gasteiger partial charge on any atom is 0.209 e. The molecule has 8 heterocycles. The molecule has 2 aliphatic heterocycles. The van der Waals surface area contributed by atoms with E-state index in [-0.39, 0.29) is 0 Å². The lowest BCUT2D eigenvalue weighted by atomic mass is 9.78. The van der Waals surface area contributed by atoms with Crippen molar-refractivity contribution >= 4 is 51.1 Å². The summed E-state index contributed by atoms with van der Waals surface area (Å²) in [4.78, 5) is 48.4. The third-order valence-electron chi connectivity index (χ3n) is 17.1. The predicted octanol–water partition coefficient (Wildman–Crippen LogP) is 9.38. The van der Waals surface area contributed by atoms with Gasteiger partial charge in [0.1, 0.15) is 52.2 Å². The van der Waals surface area contributed by atoms with Crippen molar-refractivity contribution in [1.82, 2.24) is 67.4 Å². The average molecular weight is 1080 g/mol. The van der Waals surface area contributed by atoms with Gasteiger partial charge in [-0.05, 0) is 62.6 Å². The maximum absolute atomic E-state index is 10.4. The van der Waals surface area contributed by atoms with Crippen LogP contribution >= 0.6 is 0 Å². The van der Waals surface area contributed by atoms with Gasteiger partial charge in [-0.15, -0.1) is 0 Å². The van der Waals surface area contributed by atoms with Crippen LogP contribution in [0.15, 0.2) is 159 Å². The summed E-state index contributed by atoms with van der Waals surface area (Å²) in [5.41, 5.74) is 25.4. The number of imidazole rings is 4. The summed E-state index contributed by atoms with van der Waals surface area (Å²) < 4.78 is 8.48. The van der Waals surface area contributed by atoms with E-state index in [4.69, 9.17) is 26.4 Å². The van der Waals surface area contributed by atoms with Crippen molar-refractivity contribution in [2.75, 3.05) is 70.9 Å². The number of hydrogen-bond donors (Lipinski definition) is 2. The smallest absolute Gasteiger partial charge is 0.209 e. The zero-order chi connectivity index (χ0) is 55.0. The average Bonchev–Trinajstić information content (AvgIpc) is 4.40. The van der Waals surface area contributed by atoms with E-state index in [9.17, 15) is 4.79 Å². The fourth-order valence-electron chi connectivity index (χ4n) is 12.2. The van der Waals surface area contributed by atoms with Gasteiger partial charge in [0.15, 0.2) is 0 Å². The van der Waals surface area contributed by atoms with E-state index in [0.717, 1.165) is 168 Å². The van der Waals surface area contributed by atoms with Crippen molar-refractivity contribution in [2.45, 2.75) is 56.7 Å². The molecular formula is C64H68N16O. The normalized spacial score (nSPS) is 18.1. The first-order chi connectivity index (χ1) is 39.7. The number of nitrogen functional groups attached to an aromatic ring is 2. The summed E-state index contributed by atoms with van der Waals surface area (Å²) in [6.07, 6.45) is 16.5. The Morgan fingerprint density at radius 1 is 0.568 bits per heavy atom. The molecule has 4 fully saturated rings. The molecule has 2 saturated heterocycles. The molecule has 4 N–H and O–H groups in total. The highest BCUT2D eigenvalue weighted by Gasteiger charge is 2.38. The number of nitrogens with two attached hydrogens (primary N) is 2. The highest BCUT2D eigenvalue weighted by molar-refractivity contribution is 5.92. The number of benzene rings is 5. The molecule has 0 bridgehead atoms. The Hall–Kier alpha value is -8.77. The maximum atomic E-state index is 10.4. The number of rotatable bonds is 10. The first-order valence-electron chi connectivity index (χ1n) is 28.4. The van der Waals surface area contributed by atoms with Crippen molar-refractivity contribution < 1.29 is 4.79 Å². The zero-order valence-electron chi connectivity index (χ0n) is 46.0. The van der Waals surface area contributed by atoms with E-state index in [2.05, 4.69) is 142 Å². The van der Waals surface area contributed by atoms with Crippen LogP contribution in [0.5, 0.6) is 0 Å². The number of hydrogen-bond acceptors (Lipinski definition) is 12. The van der Waals surface area contributed by atoms with Gasteiger partial charge in [0.2, 0.25) is 6.41 Å². The molecule has 4 aliphatic rings. The van der Waals surface area contributed by atoms with Crippen LogP contribution in [-0.4, -0.2) is 145 Å². The van der Waals surface area contributed by atoms with Gasteiger partial charge in [-0.25, -0.2) is 29.9 Å². The van der Waals surface area contributed by atoms with Gasteiger partial charge in [-0.2, -0.15) is 0 Å². The second-order valence-electron chi connectivity index (χ2n) is 22.1. The van der Waals surface area contributed by atoms with E-state index < -0.39 is 0 Å². The van der Waals surface area contributed by atoms with Gasteiger partial charge < -0.3 is 34.8 Å². The van der Waals surface area contributed by atoms with Crippen LogP contribution in [0.2, 0.25) is 0 Å². The predicted molar refractivity (Wildman–Crippen MR) is 321 cm³/mol. The first-order valence-corrected chi connectivity index (χ1v) is 28.4. The van der Waals surface area contributed by atoms with Crippen LogP contribution in [0.4, 0.5) is 11.6 Å². The fourth-order valence-corrected chi connectivity index (χ4v) is 12.2. The molecular weight excluding hydrogens is 1010 g/mol. The Morgan fingerprint density at radius 3 is 1.81 bits per heavy atom. The molecule has 17 nitrogen and oxygen atoms in total. The van der Waals surface area contributed by atoms with Crippen LogP contribution in [0.3, 0.4) is 0 Å². The quantitative estimate of drug-likeness (QED) is 0.124. The van der Waals surface area contributed by atoms with Gasteiger partial charge in [0.05, 0.1) is 27.8 Å². The molecule has 17 heteroatoms. The second kappa shape index (κ2) is 22.4. The lowest BCUT2D eigenvalue weighted by Crippen LogP contribution is -2.52. The SMILES string of the molecule is CN1CCN(C2CC(c3nc(-c4ccc5c(c4)nc(-c4ccccc4)n5C)c4c(N)nccn34)C2)CC1.Nc1nccn2cnc(-c3ccc4c(c3)nc(-c3ccccc3)n4Cc3ccccc3)c12.O=CN1CCN(C2CCC2)CC1. The Morgan fingerprint density at radius 2 is 1.15 bits per heavy atom. The Balaban J connectivity index is 0.000000128. The van der Waals surface area contributed by atoms with Gasteiger partial charge in [0, 0.05) is 131 Å². The number of fused-ring (bicyclic) bond motifs is 4. The molecule has 15 rings (SSSR count). The minimum atomic E-state index is 0.427. The number of aryl methyl sites for hydroxylation is 1. The molecule has 11 aromatic rings. The Kier molecular flexibility index (Phi) is 14.3. The van der Waals surface area contributed by atoms with E-state index in [1.54, 1.807) is 18.7 Å². The van der Waals surface area contributed by atoms with Crippen molar-refractivity contribution in [3.05, 3.63) is 170 Å². The van der Waals surface area contributed by atoms with Crippen molar-refractivity contribution in [3.8, 4) is 45.3 Å². The number of amides is 1. The minimum Gasteiger partial charge on any atom is -0.382 e. The van der Waals surface area contributed by atoms with E-state index in [1.165, 1.54) is 24.8 Å². The summed E-state index contributed by atoms with van der Waals surface area (Å²) >= 11 is 0. The number of aromatic nitrogens is 10. The number of anilines is 2. The van der Waals surface area contributed by atoms with Crippen molar-refractivity contribution in [2.24, 2.45) is 7.05 Å². The molecule has 0 radical (unpaired) electrons. The van der Waals surface area contributed by atoms with Gasteiger partial charge in [-0.3, -0.25) is 19.0 Å². The van der Waals surface area contributed by atoms with Crippen LogP contribution < -0.4 is 11.5 Å². The summed E-state index contributed by atoms with van der Waals surface area (Å²) in [5, 5.41) is 0. The monoisotopic (exact) mass is 1080 g/mol. The molecule has 0 spiro atoms. The van der Waals surface area contributed by atoms with Gasteiger partial charge in [-0.1, -0.05) is 110 Å². The molecule has 6 aromatic heterocycles. The Bertz CT molecular complexity index is 3970. The minimum absolute atomic E-state index is 0.427. The number of carbonyl (C=O) groups is 1. The molecule has 410 valence electrons. The van der Waals surface area contributed by atoms with Crippen molar-refractivity contribution in [1.29, 1.82) is 0 Å². The standard InChI is InChI=1S/C29H32N8.C26H20N6.C9H16N2O/c1-34-12-14-36(15-13-34)22-16-21(17-22)29-33-25(26-27(30)31-10-11-37(26)29)20-8-9-24-23(18-20)32-28(35(24)2)19-6-4-3-5-7-19;27-25-24-23(29-17-31(24)14-13-28-25)20-11-12-22-21(15-20)30-26(19-9-5-2-6-10-19)32(22)16-18-7-3-1-4-8-18;12-8-10-4-6-11(7-5-10)9-2-1-3-9/h3-11,18,21-22H,12-17H2,1-2H3,(H2,30,31);1-15,17H,16H2,(H2,27,28);8-9H,1-7H2. The summed E-state index contributed by atoms with van der Waals surface area (Å²) in [5.74, 6) is 4.38. The third kappa shape index (κ3) is 10.3. The van der Waals surface area contributed by atoms with E-state index in [0.29, 0.717) is 23.6 Å². The van der Waals surface area contributed by atoms with E-state index >= 15 is 0 Å². The Labute approximate surface area is 471 Å². The molecule has 0 atom stereocenters. The zero-order valence-corrected chi connectivity index (χ0v) is 46.0. The molecule has 2 aliphatic carbocycles. The summed E-state index contributed by atoms with van der Waals surface area (Å²) in [7, 11) is 4.28. The third-order valence-corrected chi connectivity index (χ3v) is 17.1. The highest BCUT2D eigenvalue weighted by atomic mass is 16.1. The lowest BCUT2D eigenvalue weighted by Gasteiger charge is -2.45. The number of piperazine rings is 2. The molecule has 1 amide bonds. The number of nitrogens with zero attached hydrogens (tertiary/aromatic N) is 14. The van der Waals surface area contributed by atoms with Gasteiger partial charge >= 0.3 is 0 Å². The summed E-state index contributed by atoms with van der Waals surface area (Å²) in [6, 6.07) is 45.2. The second-order valence-corrected chi connectivity index (χ2v) is 22.1. The first kappa shape index (κ1) is 51.7. The largest absolute Gasteiger partial charge is 0.382 e. The van der Waals surface area contributed by atoms with Crippen LogP contribution in [0.25, 0.3) is 78.4 Å². The van der Waals surface area contributed by atoms with Crippen LogP contribution in [0, 0.1) is 0 Å². The fraction of sp³-hybridized carbons (Fsp3) is 0.297. The van der Waals surface area contributed by atoms with Gasteiger partial charge in [0.25, 0.3) is 0 Å². The lowest BCUT2D eigenvalue weighted by molar-refractivity contribution is -0.120. The molecule has 5 aromatic carbocycles. The summed E-state index contributed by atoms with van der Waals surface area (Å²) in [6.45, 7) is 9.41. The number of carbonyl (C=O) groups excluding carboxylic acids is 1. The molecule has 2 saturated carbocycles. The topological polar surface area (TPSA) is 178 Å². The van der Waals surface area contributed by atoms with Crippen LogP contribution in [0.1, 0.15) is 49.4 Å². The highest BCUT2D eigenvalue weighted by Crippen LogP contribution is 2.43. The molecule has 0 unspecified atom stereocenters. The van der Waals surface area contributed by atoms with Crippen molar-refractivity contribution in [3.63, 3.8) is 0 Å².